The second-order valence-electron chi connectivity index (χ2n) is 7.79. The molecule has 3 N–H and O–H groups in total. The zero-order valence-corrected chi connectivity index (χ0v) is 14.9. The van der Waals surface area contributed by atoms with Gasteiger partial charge < -0.3 is 25.5 Å². The van der Waals surface area contributed by atoms with Crippen molar-refractivity contribution in [1.29, 1.82) is 0 Å². The molecule has 0 aromatic carbocycles. The summed E-state index contributed by atoms with van der Waals surface area (Å²) < 4.78 is 0. The highest BCUT2D eigenvalue weighted by atomic mass is 16.3. The number of rotatable bonds is 4. The number of aliphatic hydroxyl groups is 1. The lowest BCUT2D eigenvalue weighted by atomic mass is 9.99. The molecule has 3 aliphatic rings. The highest BCUT2D eigenvalue weighted by molar-refractivity contribution is 5.82. The maximum atomic E-state index is 12.6. The minimum atomic E-state index is -0.424. The molecule has 0 aromatic heterocycles. The van der Waals surface area contributed by atoms with Crippen molar-refractivity contribution in [2.24, 2.45) is 5.73 Å². The van der Waals surface area contributed by atoms with Crippen LogP contribution in [-0.2, 0) is 4.79 Å². The van der Waals surface area contributed by atoms with Crippen LogP contribution in [0.25, 0.3) is 0 Å². The molecule has 0 radical (unpaired) electrons. The lowest BCUT2D eigenvalue weighted by molar-refractivity contribution is -0.134. The largest absolute Gasteiger partial charge is 0.393 e. The van der Waals surface area contributed by atoms with Crippen molar-refractivity contribution in [2.45, 2.75) is 63.1 Å². The minimum Gasteiger partial charge on any atom is -0.393 e. The zero-order chi connectivity index (χ0) is 16.9. The molecule has 3 fully saturated rings. The standard InChI is InChI=1S/C18H34N4O2/c19-17(14-20-10-6-16(23)7-11-20)18(24)22-12-4-15(5-13-22)21-8-2-1-3-9-21/h15-17,23H,1-14,19H2. The van der Waals surface area contributed by atoms with Crippen LogP contribution in [0.1, 0.15) is 44.9 Å². The van der Waals surface area contributed by atoms with Crippen molar-refractivity contribution >= 4 is 5.91 Å². The average molecular weight is 338 g/mol. The Hall–Kier alpha value is -0.690. The maximum Gasteiger partial charge on any atom is 0.240 e. The molecule has 0 saturated carbocycles. The van der Waals surface area contributed by atoms with Gasteiger partial charge in [0.2, 0.25) is 5.91 Å². The fourth-order valence-corrected chi connectivity index (χ4v) is 4.43. The van der Waals surface area contributed by atoms with E-state index in [0.717, 1.165) is 51.9 Å². The SMILES string of the molecule is NC(CN1CCC(O)CC1)C(=O)N1CCC(N2CCCCC2)CC1. The second-order valence-corrected chi connectivity index (χ2v) is 7.79. The first-order valence-electron chi connectivity index (χ1n) is 9.82. The number of hydrogen-bond acceptors (Lipinski definition) is 5. The number of hydrogen-bond donors (Lipinski definition) is 2. The van der Waals surface area contributed by atoms with Gasteiger partial charge in [0.1, 0.15) is 0 Å². The summed E-state index contributed by atoms with van der Waals surface area (Å²) in [7, 11) is 0. The first-order chi connectivity index (χ1) is 11.6. The summed E-state index contributed by atoms with van der Waals surface area (Å²) in [6, 6.07) is 0.237. The van der Waals surface area contributed by atoms with Gasteiger partial charge in [-0.2, -0.15) is 0 Å². The number of piperidine rings is 3. The summed E-state index contributed by atoms with van der Waals surface area (Å²) in [5.41, 5.74) is 6.19. The smallest absolute Gasteiger partial charge is 0.240 e. The van der Waals surface area contributed by atoms with E-state index in [0.29, 0.717) is 12.6 Å². The summed E-state index contributed by atoms with van der Waals surface area (Å²) in [5.74, 6) is 0.109. The zero-order valence-electron chi connectivity index (χ0n) is 14.9. The van der Waals surface area contributed by atoms with Gasteiger partial charge in [0.15, 0.2) is 0 Å². The molecule has 3 heterocycles. The molecule has 3 aliphatic heterocycles. The Labute approximate surface area is 146 Å². The molecule has 6 heteroatoms. The Morgan fingerprint density at radius 1 is 0.958 bits per heavy atom. The molecule has 3 saturated heterocycles. The highest BCUT2D eigenvalue weighted by Gasteiger charge is 2.30. The molecule has 3 rings (SSSR count). The molecule has 138 valence electrons. The maximum absolute atomic E-state index is 12.6. The molecule has 0 bridgehead atoms. The van der Waals surface area contributed by atoms with Crippen LogP contribution in [0.4, 0.5) is 0 Å². The number of nitrogens with zero attached hydrogens (tertiary/aromatic N) is 3. The van der Waals surface area contributed by atoms with Gasteiger partial charge in [-0.25, -0.2) is 0 Å². The van der Waals surface area contributed by atoms with Crippen LogP contribution in [0.5, 0.6) is 0 Å². The molecule has 0 aliphatic carbocycles. The van der Waals surface area contributed by atoms with Crippen LogP contribution in [0, 0.1) is 0 Å². The summed E-state index contributed by atoms with van der Waals surface area (Å²) >= 11 is 0. The van der Waals surface area contributed by atoms with Crippen LogP contribution in [0.15, 0.2) is 0 Å². The average Bonchev–Trinajstić information content (AvgIpc) is 2.64. The molecule has 1 atom stereocenters. The van der Waals surface area contributed by atoms with E-state index in [1.54, 1.807) is 0 Å². The summed E-state index contributed by atoms with van der Waals surface area (Å²) in [6.45, 7) is 6.49. The van der Waals surface area contributed by atoms with Crippen LogP contribution < -0.4 is 5.73 Å². The first kappa shape index (κ1) is 18.1. The van der Waals surface area contributed by atoms with Crippen LogP contribution in [0.3, 0.4) is 0 Å². The highest BCUT2D eigenvalue weighted by Crippen LogP contribution is 2.21. The second kappa shape index (κ2) is 8.61. The lowest BCUT2D eigenvalue weighted by Crippen LogP contribution is -2.54. The molecule has 0 aromatic rings. The van der Waals surface area contributed by atoms with Gasteiger partial charge in [-0.05, 0) is 51.6 Å². The van der Waals surface area contributed by atoms with E-state index >= 15 is 0 Å². The number of amides is 1. The Morgan fingerprint density at radius 3 is 2.21 bits per heavy atom. The molecule has 1 unspecified atom stereocenters. The lowest BCUT2D eigenvalue weighted by Gasteiger charge is -2.41. The van der Waals surface area contributed by atoms with E-state index in [1.807, 2.05) is 4.90 Å². The van der Waals surface area contributed by atoms with E-state index in [-0.39, 0.29) is 12.0 Å². The van der Waals surface area contributed by atoms with Gasteiger partial charge in [0, 0.05) is 38.8 Å². The molecule has 1 amide bonds. The van der Waals surface area contributed by atoms with Crippen molar-refractivity contribution in [1.82, 2.24) is 14.7 Å². The van der Waals surface area contributed by atoms with Crippen molar-refractivity contribution in [3.05, 3.63) is 0 Å². The molecule has 6 nitrogen and oxygen atoms in total. The van der Waals surface area contributed by atoms with Crippen molar-refractivity contribution in [3.8, 4) is 0 Å². The van der Waals surface area contributed by atoms with E-state index in [4.69, 9.17) is 5.73 Å². The third-order valence-corrected chi connectivity index (χ3v) is 6.01. The van der Waals surface area contributed by atoms with Crippen molar-refractivity contribution in [3.63, 3.8) is 0 Å². The molecule has 0 spiro atoms. The van der Waals surface area contributed by atoms with Gasteiger partial charge in [-0.3, -0.25) is 4.79 Å². The van der Waals surface area contributed by atoms with E-state index in [2.05, 4.69) is 9.80 Å². The van der Waals surface area contributed by atoms with Gasteiger partial charge in [-0.1, -0.05) is 6.42 Å². The number of likely N-dealkylation sites (tertiary alicyclic amines) is 3. The number of carbonyl (C=O) groups is 1. The van der Waals surface area contributed by atoms with Gasteiger partial charge in [-0.15, -0.1) is 0 Å². The number of aliphatic hydroxyl groups excluding tert-OH is 1. The Kier molecular flexibility index (Phi) is 6.49. The summed E-state index contributed by atoms with van der Waals surface area (Å²) in [6.07, 6.45) is 7.62. The quantitative estimate of drug-likeness (QED) is 0.769. The summed E-state index contributed by atoms with van der Waals surface area (Å²) in [5, 5.41) is 9.57. The Bertz CT molecular complexity index is 398. The van der Waals surface area contributed by atoms with Gasteiger partial charge in [0.25, 0.3) is 0 Å². The third kappa shape index (κ3) is 4.69. The predicted molar refractivity (Wildman–Crippen MR) is 94.7 cm³/mol. The normalized spacial score (nSPS) is 27.3. The topological polar surface area (TPSA) is 73.0 Å². The number of nitrogens with two attached hydrogens (primary N) is 1. The fourth-order valence-electron chi connectivity index (χ4n) is 4.43. The van der Waals surface area contributed by atoms with Crippen molar-refractivity contribution < 1.29 is 9.90 Å². The van der Waals surface area contributed by atoms with Crippen LogP contribution in [-0.4, -0.2) is 89.7 Å². The van der Waals surface area contributed by atoms with E-state index in [9.17, 15) is 9.90 Å². The molecule has 24 heavy (non-hydrogen) atoms. The van der Waals surface area contributed by atoms with Crippen LogP contribution >= 0.6 is 0 Å². The summed E-state index contributed by atoms with van der Waals surface area (Å²) in [4.78, 5) is 19.5. The van der Waals surface area contributed by atoms with Gasteiger partial charge >= 0.3 is 0 Å². The Balaban J connectivity index is 1.41. The third-order valence-electron chi connectivity index (χ3n) is 6.01. The molecular weight excluding hydrogens is 304 g/mol. The van der Waals surface area contributed by atoms with E-state index < -0.39 is 6.04 Å². The van der Waals surface area contributed by atoms with Crippen molar-refractivity contribution in [2.75, 3.05) is 45.8 Å². The van der Waals surface area contributed by atoms with Crippen LogP contribution in [0.2, 0.25) is 0 Å². The fraction of sp³-hybridized carbons (Fsp3) is 0.944. The molecular formula is C18H34N4O2. The minimum absolute atomic E-state index is 0.109. The predicted octanol–water partition coefficient (Wildman–Crippen LogP) is 0.247. The van der Waals surface area contributed by atoms with Gasteiger partial charge in [0.05, 0.1) is 12.1 Å². The number of carbonyl (C=O) groups excluding carboxylic acids is 1. The Morgan fingerprint density at radius 2 is 1.58 bits per heavy atom. The first-order valence-corrected chi connectivity index (χ1v) is 9.82. The monoisotopic (exact) mass is 338 g/mol. The van der Waals surface area contributed by atoms with E-state index in [1.165, 1.54) is 32.4 Å².